The highest BCUT2D eigenvalue weighted by atomic mass is 16.5. The molecule has 2 aliphatic carbocycles. The highest BCUT2D eigenvalue weighted by Crippen LogP contribution is 2.55. The van der Waals surface area contributed by atoms with Crippen molar-refractivity contribution in [2.24, 2.45) is 23.7 Å². The molecule has 1 saturated heterocycles. The van der Waals surface area contributed by atoms with Gasteiger partial charge in [0.1, 0.15) is 0 Å². The van der Waals surface area contributed by atoms with E-state index in [0.717, 1.165) is 0 Å². The van der Waals surface area contributed by atoms with E-state index in [1.165, 1.54) is 0 Å². The summed E-state index contributed by atoms with van der Waals surface area (Å²) in [6.07, 6.45) is -0.365. The monoisotopic (exact) mass is 184 g/mol. The fourth-order valence-electron chi connectivity index (χ4n) is 3.38. The van der Waals surface area contributed by atoms with Crippen LogP contribution in [-0.2, 0) is 9.53 Å². The number of aliphatic hydroxyl groups excluding tert-OH is 2. The number of aliphatic hydroxyl groups is 2. The van der Waals surface area contributed by atoms with Gasteiger partial charge in [0.05, 0.1) is 24.7 Å². The van der Waals surface area contributed by atoms with Crippen molar-refractivity contribution in [3.05, 3.63) is 0 Å². The van der Waals surface area contributed by atoms with Crippen molar-refractivity contribution >= 4 is 5.97 Å². The Hall–Kier alpha value is -0.610. The summed E-state index contributed by atoms with van der Waals surface area (Å²) < 4.78 is 4.94. The minimum absolute atomic E-state index is 0.0556. The van der Waals surface area contributed by atoms with Gasteiger partial charge < -0.3 is 14.9 Å². The van der Waals surface area contributed by atoms with Crippen LogP contribution in [0.1, 0.15) is 6.42 Å². The van der Waals surface area contributed by atoms with Crippen molar-refractivity contribution in [1.29, 1.82) is 0 Å². The summed E-state index contributed by atoms with van der Waals surface area (Å²) in [5.74, 6) is -0.426. The van der Waals surface area contributed by atoms with E-state index in [-0.39, 0.29) is 29.6 Å². The van der Waals surface area contributed by atoms with E-state index in [1.54, 1.807) is 0 Å². The summed E-state index contributed by atoms with van der Waals surface area (Å²) in [5.41, 5.74) is 0. The number of carbonyl (C=O) groups excluding carboxylic acids is 1. The van der Waals surface area contributed by atoms with Gasteiger partial charge in [-0.25, -0.2) is 0 Å². The molecule has 13 heavy (non-hydrogen) atoms. The van der Waals surface area contributed by atoms with Crippen LogP contribution < -0.4 is 0 Å². The molecule has 0 aromatic carbocycles. The molecule has 0 aromatic heterocycles. The first kappa shape index (κ1) is 7.76. The third-order valence-corrected chi connectivity index (χ3v) is 3.90. The van der Waals surface area contributed by atoms with Crippen LogP contribution in [0.5, 0.6) is 0 Å². The first-order chi connectivity index (χ1) is 6.20. The number of ether oxygens (including phenoxy) is 1. The number of carbonyl (C=O) groups is 1. The van der Waals surface area contributed by atoms with E-state index in [9.17, 15) is 15.0 Å². The largest absolute Gasteiger partial charge is 0.465 e. The van der Waals surface area contributed by atoms with E-state index < -0.39 is 12.2 Å². The molecule has 0 radical (unpaired) electrons. The molecule has 4 heteroatoms. The Labute approximate surface area is 75.5 Å². The topological polar surface area (TPSA) is 66.8 Å². The van der Waals surface area contributed by atoms with Crippen molar-refractivity contribution in [3.63, 3.8) is 0 Å². The number of cyclic esters (lactones) is 1. The summed E-state index contributed by atoms with van der Waals surface area (Å²) in [4.78, 5) is 11.3. The second-order valence-electron chi connectivity index (χ2n) is 4.35. The molecule has 0 amide bonds. The Balaban J connectivity index is 1.98. The molecular formula is C9H12O4. The van der Waals surface area contributed by atoms with Gasteiger partial charge in [0.15, 0.2) is 0 Å². The average Bonchev–Trinajstić information content (AvgIpc) is 2.64. The van der Waals surface area contributed by atoms with Gasteiger partial charge in [-0.1, -0.05) is 0 Å². The van der Waals surface area contributed by atoms with Crippen molar-refractivity contribution in [2.45, 2.75) is 18.6 Å². The second kappa shape index (κ2) is 2.25. The zero-order valence-corrected chi connectivity index (χ0v) is 7.09. The second-order valence-corrected chi connectivity index (χ2v) is 4.35. The molecule has 3 rings (SSSR count). The summed E-state index contributed by atoms with van der Waals surface area (Å²) in [6, 6.07) is 0. The summed E-state index contributed by atoms with van der Waals surface area (Å²) in [5, 5.41) is 19.4. The first-order valence-electron chi connectivity index (χ1n) is 4.73. The van der Waals surface area contributed by atoms with Gasteiger partial charge in [-0.2, -0.15) is 0 Å². The zero-order chi connectivity index (χ0) is 9.16. The Morgan fingerprint density at radius 2 is 2.08 bits per heavy atom. The molecule has 2 N–H and O–H groups in total. The lowest BCUT2D eigenvalue weighted by Crippen LogP contribution is -2.31. The summed E-state index contributed by atoms with van der Waals surface area (Å²) in [7, 11) is 0. The Kier molecular flexibility index (Phi) is 1.34. The van der Waals surface area contributed by atoms with Crippen LogP contribution in [0.2, 0.25) is 0 Å². The van der Waals surface area contributed by atoms with E-state index in [4.69, 9.17) is 4.74 Å². The molecule has 0 unspecified atom stereocenters. The lowest BCUT2D eigenvalue weighted by atomic mass is 9.80. The quantitative estimate of drug-likeness (QED) is 0.481. The van der Waals surface area contributed by atoms with Gasteiger partial charge in [-0.3, -0.25) is 4.79 Å². The van der Waals surface area contributed by atoms with Crippen LogP contribution in [0.4, 0.5) is 0 Å². The minimum Gasteiger partial charge on any atom is -0.465 e. The third kappa shape index (κ3) is 0.758. The molecule has 2 saturated carbocycles. The van der Waals surface area contributed by atoms with Crippen LogP contribution in [0.25, 0.3) is 0 Å². The molecular weight excluding hydrogens is 172 g/mol. The van der Waals surface area contributed by atoms with Gasteiger partial charge in [0.25, 0.3) is 0 Å². The highest BCUT2D eigenvalue weighted by Gasteiger charge is 2.63. The molecule has 2 bridgehead atoms. The normalized spacial score (nSPS) is 58.2. The van der Waals surface area contributed by atoms with Gasteiger partial charge in [0, 0.05) is 17.8 Å². The first-order valence-corrected chi connectivity index (χ1v) is 4.73. The van der Waals surface area contributed by atoms with Crippen molar-refractivity contribution in [1.82, 2.24) is 0 Å². The van der Waals surface area contributed by atoms with Crippen LogP contribution in [-0.4, -0.2) is 35.0 Å². The van der Waals surface area contributed by atoms with Crippen molar-refractivity contribution in [2.75, 3.05) is 6.61 Å². The highest BCUT2D eigenvalue weighted by molar-refractivity contribution is 5.76. The van der Waals surface area contributed by atoms with Gasteiger partial charge >= 0.3 is 5.97 Å². The molecule has 1 aliphatic heterocycles. The van der Waals surface area contributed by atoms with Crippen LogP contribution in [0.15, 0.2) is 0 Å². The fourth-order valence-corrected chi connectivity index (χ4v) is 3.38. The number of hydrogen-bond acceptors (Lipinski definition) is 4. The molecule has 72 valence electrons. The zero-order valence-electron chi connectivity index (χ0n) is 7.09. The Bertz CT molecular complexity index is 262. The minimum atomic E-state index is -0.488. The van der Waals surface area contributed by atoms with E-state index in [1.807, 2.05) is 0 Å². The van der Waals surface area contributed by atoms with Gasteiger partial charge in [-0.15, -0.1) is 0 Å². The lowest BCUT2D eigenvalue weighted by Gasteiger charge is -2.23. The molecule has 1 heterocycles. The van der Waals surface area contributed by atoms with Gasteiger partial charge in [-0.05, 0) is 6.42 Å². The maximum atomic E-state index is 11.3. The summed E-state index contributed by atoms with van der Waals surface area (Å²) in [6.45, 7) is 0.388. The van der Waals surface area contributed by atoms with E-state index in [2.05, 4.69) is 0 Å². The lowest BCUT2D eigenvalue weighted by molar-refractivity contribution is -0.143. The summed E-state index contributed by atoms with van der Waals surface area (Å²) >= 11 is 0. The Morgan fingerprint density at radius 3 is 2.85 bits per heavy atom. The predicted octanol–water partition coefficient (Wildman–Crippen LogP) is -0.853. The Morgan fingerprint density at radius 1 is 1.31 bits per heavy atom. The molecule has 3 aliphatic rings. The molecule has 0 spiro atoms. The van der Waals surface area contributed by atoms with E-state index in [0.29, 0.717) is 13.0 Å². The predicted molar refractivity (Wildman–Crippen MR) is 41.5 cm³/mol. The van der Waals surface area contributed by atoms with Crippen LogP contribution >= 0.6 is 0 Å². The molecule has 0 aromatic rings. The molecule has 3 fully saturated rings. The third-order valence-electron chi connectivity index (χ3n) is 3.90. The van der Waals surface area contributed by atoms with Gasteiger partial charge in [0.2, 0.25) is 0 Å². The SMILES string of the molecule is O=C1OC[C@@H]2[C@H]1[C@H]1C[C@H](O)[C@H]2[C@H]1O. The van der Waals surface area contributed by atoms with Crippen LogP contribution in [0.3, 0.4) is 0 Å². The smallest absolute Gasteiger partial charge is 0.309 e. The number of rotatable bonds is 0. The maximum absolute atomic E-state index is 11.3. The average molecular weight is 184 g/mol. The van der Waals surface area contributed by atoms with Crippen molar-refractivity contribution < 1.29 is 19.7 Å². The maximum Gasteiger partial charge on any atom is 0.309 e. The number of fused-ring (bicyclic) bond motifs is 5. The van der Waals surface area contributed by atoms with E-state index >= 15 is 0 Å². The number of hydrogen-bond donors (Lipinski definition) is 2. The van der Waals surface area contributed by atoms with Crippen molar-refractivity contribution in [3.8, 4) is 0 Å². The molecule has 6 atom stereocenters. The molecule has 4 nitrogen and oxygen atoms in total. The van der Waals surface area contributed by atoms with Crippen LogP contribution in [0, 0.1) is 23.7 Å². The fraction of sp³-hybridized carbons (Fsp3) is 0.889. The standard InChI is InChI=1S/C9H12O4/c10-5-1-3-6-4(2-13-9(6)12)7(5)8(3)11/h3-8,10-11H,1-2H2/t3-,4-,5+,6-,7+,8+/m1/s1. The number of esters is 1.